The Morgan fingerprint density at radius 3 is 2.21 bits per heavy atom. The number of hydrogen-bond donors (Lipinski definition) is 1. The zero-order valence-corrected chi connectivity index (χ0v) is 20.8. The standard InChI is InChI=1S/C23H18ClN3OS.CH4O3S/c1-29-20-10-6-18(7-11-20)23-21(17-4-8-19(24)9-5-17)13-22(28)27(26-23)15-16-3-2-12-25-14-16;1-5(2,3)4/h2-14H,15H2,1H3;1H3,(H,2,3,4). The number of nitrogens with zero attached hydrogens (tertiary/aromatic N) is 3. The monoisotopic (exact) mass is 515 g/mol. The van der Waals surface area contributed by atoms with Crippen LogP contribution in [0.2, 0.25) is 5.02 Å². The van der Waals surface area contributed by atoms with Crippen molar-refractivity contribution in [2.75, 3.05) is 12.5 Å². The molecule has 0 spiro atoms. The molecule has 0 aliphatic carbocycles. The minimum Gasteiger partial charge on any atom is -0.286 e. The van der Waals surface area contributed by atoms with Gasteiger partial charge in [0.2, 0.25) is 0 Å². The Hall–Kier alpha value is -2.98. The van der Waals surface area contributed by atoms with Gasteiger partial charge in [-0.1, -0.05) is 41.9 Å². The molecule has 0 aliphatic heterocycles. The summed E-state index contributed by atoms with van der Waals surface area (Å²) in [7, 11) is -3.67. The van der Waals surface area contributed by atoms with Crippen molar-refractivity contribution in [3.8, 4) is 22.4 Å². The van der Waals surface area contributed by atoms with Gasteiger partial charge in [-0.2, -0.15) is 13.5 Å². The number of halogens is 1. The van der Waals surface area contributed by atoms with Gasteiger partial charge in [-0.15, -0.1) is 11.8 Å². The van der Waals surface area contributed by atoms with Crippen LogP contribution in [-0.4, -0.2) is 40.2 Å². The minimum absolute atomic E-state index is 0.164. The van der Waals surface area contributed by atoms with Gasteiger partial charge >= 0.3 is 0 Å². The summed E-state index contributed by atoms with van der Waals surface area (Å²) >= 11 is 7.73. The van der Waals surface area contributed by atoms with Crippen LogP contribution in [-0.2, 0) is 16.7 Å². The molecule has 0 aliphatic rings. The van der Waals surface area contributed by atoms with E-state index >= 15 is 0 Å². The van der Waals surface area contributed by atoms with E-state index in [1.54, 1.807) is 30.2 Å². The van der Waals surface area contributed by atoms with Gasteiger partial charge in [0.15, 0.2) is 0 Å². The molecular weight excluding hydrogens is 494 g/mol. The summed E-state index contributed by atoms with van der Waals surface area (Å²) in [6, 6.07) is 21.1. The quantitative estimate of drug-likeness (QED) is 0.298. The second-order valence-corrected chi connectivity index (χ2v) is 10.0. The zero-order chi connectivity index (χ0) is 24.7. The predicted molar refractivity (Wildman–Crippen MR) is 137 cm³/mol. The minimum atomic E-state index is -3.67. The molecule has 1 N–H and O–H groups in total. The van der Waals surface area contributed by atoms with Crippen LogP contribution in [0, 0.1) is 0 Å². The van der Waals surface area contributed by atoms with E-state index in [0.717, 1.165) is 27.9 Å². The molecule has 7 nitrogen and oxygen atoms in total. The largest absolute Gasteiger partial charge is 0.286 e. The molecule has 0 bridgehead atoms. The highest BCUT2D eigenvalue weighted by atomic mass is 35.5. The molecule has 2 aromatic carbocycles. The highest BCUT2D eigenvalue weighted by molar-refractivity contribution is 7.98. The Morgan fingerprint density at radius 2 is 1.65 bits per heavy atom. The highest BCUT2D eigenvalue weighted by Crippen LogP contribution is 2.31. The Balaban J connectivity index is 0.000000588. The van der Waals surface area contributed by atoms with Crippen LogP contribution in [0.15, 0.2) is 88.8 Å². The highest BCUT2D eigenvalue weighted by Gasteiger charge is 2.14. The molecular formula is C24H22ClN3O4S2. The van der Waals surface area contributed by atoms with E-state index < -0.39 is 10.1 Å². The van der Waals surface area contributed by atoms with Crippen molar-refractivity contribution in [2.24, 2.45) is 0 Å². The summed E-state index contributed by atoms with van der Waals surface area (Å²) in [4.78, 5) is 18.1. The van der Waals surface area contributed by atoms with Crippen molar-refractivity contribution in [2.45, 2.75) is 11.4 Å². The molecule has 34 heavy (non-hydrogen) atoms. The fraction of sp³-hybridized carbons (Fsp3) is 0.125. The van der Waals surface area contributed by atoms with E-state index in [4.69, 9.17) is 21.3 Å². The Kier molecular flexibility index (Phi) is 8.62. The maximum absolute atomic E-state index is 12.8. The first-order valence-electron chi connectivity index (χ1n) is 9.98. The first kappa shape index (κ1) is 25.6. The van der Waals surface area contributed by atoms with E-state index in [9.17, 15) is 13.2 Å². The van der Waals surface area contributed by atoms with Crippen LogP contribution in [0.25, 0.3) is 22.4 Å². The number of pyridine rings is 1. The average molecular weight is 516 g/mol. The van der Waals surface area contributed by atoms with E-state index in [1.807, 2.05) is 54.8 Å². The maximum atomic E-state index is 12.8. The van der Waals surface area contributed by atoms with Crippen LogP contribution < -0.4 is 5.56 Å². The molecule has 0 unspecified atom stereocenters. The van der Waals surface area contributed by atoms with Crippen LogP contribution in [0.4, 0.5) is 0 Å². The molecule has 0 fully saturated rings. The van der Waals surface area contributed by atoms with Crippen LogP contribution in [0.3, 0.4) is 0 Å². The van der Waals surface area contributed by atoms with E-state index in [1.165, 1.54) is 9.58 Å². The second-order valence-electron chi connectivity index (χ2n) is 7.23. The fourth-order valence-electron chi connectivity index (χ4n) is 3.08. The molecule has 4 rings (SSSR count). The zero-order valence-electron chi connectivity index (χ0n) is 18.4. The van der Waals surface area contributed by atoms with Gasteiger partial charge in [0.25, 0.3) is 15.7 Å². The number of rotatable bonds is 5. The topological polar surface area (TPSA) is 102 Å². The van der Waals surface area contributed by atoms with Crippen molar-refractivity contribution in [3.05, 3.63) is 100 Å². The van der Waals surface area contributed by atoms with Crippen LogP contribution in [0.1, 0.15) is 5.56 Å². The van der Waals surface area contributed by atoms with Gasteiger partial charge in [-0.25, -0.2) is 4.68 Å². The third kappa shape index (κ3) is 7.53. The molecule has 2 aromatic heterocycles. The summed E-state index contributed by atoms with van der Waals surface area (Å²) < 4.78 is 27.3. The van der Waals surface area contributed by atoms with E-state index in [0.29, 0.717) is 17.8 Å². The van der Waals surface area contributed by atoms with Gasteiger partial charge < -0.3 is 0 Å². The summed E-state index contributed by atoms with van der Waals surface area (Å²) in [5.41, 5.74) is 4.15. The van der Waals surface area contributed by atoms with Crippen LogP contribution >= 0.6 is 23.4 Å². The van der Waals surface area contributed by atoms with Gasteiger partial charge in [0.1, 0.15) is 0 Å². The maximum Gasteiger partial charge on any atom is 0.267 e. The lowest BCUT2D eigenvalue weighted by Gasteiger charge is -2.13. The third-order valence-corrected chi connectivity index (χ3v) is 5.57. The van der Waals surface area contributed by atoms with Crippen molar-refractivity contribution < 1.29 is 13.0 Å². The molecule has 10 heteroatoms. The van der Waals surface area contributed by atoms with E-state index in [-0.39, 0.29) is 5.56 Å². The predicted octanol–water partition coefficient (Wildman–Crippen LogP) is 4.90. The molecule has 2 heterocycles. The lowest BCUT2D eigenvalue weighted by atomic mass is 10.00. The van der Waals surface area contributed by atoms with Gasteiger partial charge in [0, 0.05) is 39.5 Å². The van der Waals surface area contributed by atoms with Crippen molar-refractivity contribution >= 4 is 33.5 Å². The fourth-order valence-corrected chi connectivity index (χ4v) is 3.61. The van der Waals surface area contributed by atoms with Gasteiger partial charge in [-0.3, -0.25) is 14.3 Å². The Labute approximate surface area is 207 Å². The average Bonchev–Trinajstić information content (AvgIpc) is 2.80. The molecule has 0 saturated heterocycles. The SMILES string of the molecule is CS(=O)(=O)O.CSc1ccc(-c2nn(Cc3cccnc3)c(=O)cc2-c2ccc(Cl)cc2)cc1. The smallest absolute Gasteiger partial charge is 0.267 e. The molecule has 0 radical (unpaired) electrons. The van der Waals surface area contributed by atoms with Gasteiger partial charge in [-0.05, 0) is 47.7 Å². The van der Waals surface area contributed by atoms with E-state index in [2.05, 4.69) is 17.1 Å². The number of aromatic nitrogens is 3. The summed E-state index contributed by atoms with van der Waals surface area (Å²) in [5, 5.41) is 5.38. The first-order valence-corrected chi connectivity index (χ1v) is 13.4. The van der Waals surface area contributed by atoms with Crippen molar-refractivity contribution in [1.82, 2.24) is 14.8 Å². The molecule has 4 aromatic rings. The number of thioether (sulfide) groups is 1. The second kappa shape index (κ2) is 11.4. The number of hydrogen-bond acceptors (Lipinski definition) is 6. The number of benzene rings is 2. The lowest BCUT2D eigenvalue weighted by molar-refractivity contribution is 0.490. The van der Waals surface area contributed by atoms with Gasteiger partial charge in [0.05, 0.1) is 18.5 Å². The Bertz CT molecular complexity index is 1400. The molecule has 0 saturated carbocycles. The lowest BCUT2D eigenvalue weighted by Crippen LogP contribution is -2.24. The normalized spacial score (nSPS) is 10.9. The Morgan fingerprint density at radius 1 is 1.03 bits per heavy atom. The summed E-state index contributed by atoms with van der Waals surface area (Å²) in [5.74, 6) is 0. The van der Waals surface area contributed by atoms with Crippen molar-refractivity contribution in [1.29, 1.82) is 0 Å². The summed E-state index contributed by atoms with van der Waals surface area (Å²) in [6.07, 6.45) is 6.21. The third-order valence-electron chi connectivity index (χ3n) is 4.57. The van der Waals surface area contributed by atoms with Crippen molar-refractivity contribution in [3.63, 3.8) is 0 Å². The first-order chi connectivity index (χ1) is 16.1. The summed E-state index contributed by atoms with van der Waals surface area (Å²) in [6.45, 7) is 0.365. The van der Waals surface area contributed by atoms with Crippen LogP contribution in [0.5, 0.6) is 0 Å². The molecule has 176 valence electrons. The molecule has 0 atom stereocenters. The molecule has 0 amide bonds.